The van der Waals surface area contributed by atoms with E-state index in [-0.39, 0.29) is 60.9 Å². The van der Waals surface area contributed by atoms with Crippen LogP contribution in [0.25, 0.3) is 0 Å². The molecule has 262 valence electrons. The smallest absolute Gasteiger partial charge is 0.321 e. The zero-order valence-corrected chi connectivity index (χ0v) is 32.1. The van der Waals surface area contributed by atoms with Gasteiger partial charge in [0.05, 0.1) is 10.7 Å². The van der Waals surface area contributed by atoms with Gasteiger partial charge < -0.3 is 10.0 Å². The second-order valence-electron chi connectivity index (χ2n) is 13.0. The second-order valence-corrected chi connectivity index (χ2v) is 15.0. The van der Waals surface area contributed by atoms with E-state index in [0.717, 1.165) is 67.9 Å². The van der Waals surface area contributed by atoms with E-state index in [0.29, 0.717) is 28.3 Å². The van der Waals surface area contributed by atoms with Crippen LogP contribution in [0.15, 0.2) is 42.5 Å². The number of thiazole rings is 1. The molecule has 5 nitrogen and oxygen atoms in total. The van der Waals surface area contributed by atoms with Crippen molar-refractivity contribution < 1.29 is 14.3 Å². The molecule has 1 saturated carbocycles. The standard InChI is InChI=1S/C35H44Cl2FN3O2S.3ClH/c1-5-31-34(44-32(39-31)17-24-9-10-26(36)18-30(24)37)22-11-13-41(14-12-22)20-25-16-28(40(4)33(21(2)3)35(42)43)19-29(25)23-7-6-8-27(38)15-23;;;/h6-10,15,18,21-22,25,28-29,33H,5,11-14,16-17,19-20H2,1-4H3,(H,42,43);3*1H/t25?,28?,29?,33-;;;/m1.../s1. The summed E-state index contributed by atoms with van der Waals surface area (Å²) in [5.74, 6) is 0.0620. The van der Waals surface area contributed by atoms with Crippen molar-refractivity contribution in [3.63, 3.8) is 0 Å². The fourth-order valence-corrected chi connectivity index (χ4v) is 9.35. The fraction of sp³-hybridized carbons (Fsp3) is 0.543. The van der Waals surface area contributed by atoms with Crippen molar-refractivity contribution in [1.82, 2.24) is 14.8 Å². The molecule has 2 heterocycles. The first kappa shape index (κ1) is 42.0. The van der Waals surface area contributed by atoms with Crippen LogP contribution in [0.4, 0.5) is 4.39 Å². The minimum absolute atomic E-state index is 0. The van der Waals surface area contributed by atoms with E-state index < -0.39 is 12.0 Å². The number of carbonyl (C=O) groups is 1. The van der Waals surface area contributed by atoms with Gasteiger partial charge in [0.2, 0.25) is 0 Å². The number of carboxylic acid groups (broad SMARTS) is 1. The molecule has 2 aliphatic rings. The van der Waals surface area contributed by atoms with Gasteiger partial charge >= 0.3 is 5.97 Å². The van der Waals surface area contributed by atoms with E-state index in [1.165, 1.54) is 16.6 Å². The number of rotatable bonds is 11. The maximum Gasteiger partial charge on any atom is 0.321 e. The van der Waals surface area contributed by atoms with Crippen molar-refractivity contribution in [3.05, 3.63) is 85.0 Å². The summed E-state index contributed by atoms with van der Waals surface area (Å²) in [7, 11) is 1.95. The summed E-state index contributed by atoms with van der Waals surface area (Å²) >= 11 is 14.4. The number of piperidine rings is 1. The first-order chi connectivity index (χ1) is 21.0. The lowest BCUT2D eigenvalue weighted by molar-refractivity contribution is -0.145. The van der Waals surface area contributed by atoms with E-state index in [4.69, 9.17) is 28.2 Å². The highest BCUT2D eigenvalue weighted by Crippen LogP contribution is 2.44. The summed E-state index contributed by atoms with van der Waals surface area (Å²) in [6.07, 6.45) is 5.57. The predicted molar refractivity (Wildman–Crippen MR) is 201 cm³/mol. The van der Waals surface area contributed by atoms with Crippen LogP contribution in [0.1, 0.15) is 85.0 Å². The van der Waals surface area contributed by atoms with Crippen molar-refractivity contribution in [1.29, 1.82) is 0 Å². The Morgan fingerprint density at radius 3 is 2.40 bits per heavy atom. The third-order valence-corrected chi connectivity index (χ3v) is 11.6. The normalized spacial score (nSPS) is 20.8. The number of aromatic nitrogens is 1. The highest BCUT2D eigenvalue weighted by Gasteiger charge is 2.42. The molecule has 2 fully saturated rings. The summed E-state index contributed by atoms with van der Waals surface area (Å²) < 4.78 is 14.3. The van der Waals surface area contributed by atoms with E-state index in [1.807, 2.05) is 50.4 Å². The molecule has 3 unspecified atom stereocenters. The van der Waals surface area contributed by atoms with Crippen LogP contribution in [0.2, 0.25) is 10.0 Å². The van der Waals surface area contributed by atoms with Crippen LogP contribution in [-0.2, 0) is 17.6 Å². The highest BCUT2D eigenvalue weighted by atomic mass is 35.5. The molecule has 0 amide bonds. The predicted octanol–water partition coefficient (Wildman–Crippen LogP) is 9.79. The first-order valence-corrected chi connectivity index (χ1v) is 17.5. The van der Waals surface area contributed by atoms with E-state index in [1.54, 1.807) is 18.2 Å². The number of hydrogen-bond donors (Lipinski definition) is 1. The van der Waals surface area contributed by atoms with Gasteiger partial charge in [-0.05, 0) is 111 Å². The molecule has 3 aromatic rings. The van der Waals surface area contributed by atoms with E-state index >= 15 is 0 Å². The topological polar surface area (TPSA) is 56.7 Å². The summed E-state index contributed by atoms with van der Waals surface area (Å²) in [5, 5.41) is 12.4. The van der Waals surface area contributed by atoms with Gasteiger partial charge in [-0.2, -0.15) is 0 Å². The lowest BCUT2D eigenvalue weighted by Gasteiger charge is -2.35. The van der Waals surface area contributed by atoms with Gasteiger partial charge in [-0.15, -0.1) is 48.6 Å². The van der Waals surface area contributed by atoms with Gasteiger partial charge in [0.25, 0.3) is 0 Å². The second kappa shape index (κ2) is 18.7. The molecule has 4 atom stereocenters. The summed E-state index contributed by atoms with van der Waals surface area (Å²) in [5.41, 5.74) is 3.28. The molecule has 1 aromatic heterocycles. The van der Waals surface area contributed by atoms with Crippen LogP contribution >= 0.6 is 71.8 Å². The minimum Gasteiger partial charge on any atom is -0.480 e. The molecule has 47 heavy (non-hydrogen) atoms. The monoisotopic (exact) mass is 767 g/mol. The molecule has 0 radical (unpaired) electrons. The molecule has 1 saturated heterocycles. The maximum absolute atomic E-state index is 14.3. The van der Waals surface area contributed by atoms with E-state index in [9.17, 15) is 14.3 Å². The molecule has 2 aromatic carbocycles. The molecule has 1 N–H and O–H groups in total. The fourth-order valence-electron chi connectivity index (χ4n) is 7.53. The number of nitrogens with zero attached hydrogens (tertiary/aromatic N) is 3. The molecule has 12 heteroatoms. The van der Waals surface area contributed by atoms with Gasteiger partial charge in [-0.25, -0.2) is 9.37 Å². The lowest BCUT2D eigenvalue weighted by atomic mass is 9.87. The van der Waals surface area contributed by atoms with Crippen molar-refractivity contribution in [2.75, 3.05) is 26.7 Å². The number of benzene rings is 2. The van der Waals surface area contributed by atoms with Crippen molar-refractivity contribution in [3.8, 4) is 0 Å². The summed E-state index contributed by atoms with van der Waals surface area (Å²) in [6, 6.07) is 12.3. The first-order valence-electron chi connectivity index (χ1n) is 15.9. The third-order valence-electron chi connectivity index (χ3n) is 9.76. The summed E-state index contributed by atoms with van der Waals surface area (Å²) in [4.78, 5) is 23.2. The maximum atomic E-state index is 14.3. The van der Waals surface area contributed by atoms with Crippen LogP contribution in [-0.4, -0.2) is 64.6 Å². The number of carboxylic acids is 1. The number of hydrogen-bond acceptors (Lipinski definition) is 5. The molecule has 0 spiro atoms. The van der Waals surface area contributed by atoms with Crippen LogP contribution in [0.5, 0.6) is 0 Å². The highest BCUT2D eigenvalue weighted by molar-refractivity contribution is 7.11. The van der Waals surface area contributed by atoms with Gasteiger partial charge in [0.15, 0.2) is 0 Å². The average molecular weight is 770 g/mol. The number of likely N-dealkylation sites (N-methyl/N-ethyl adjacent to an activating group) is 1. The number of aryl methyl sites for hydroxylation is 1. The van der Waals surface area contributed by atoms with Gasteiger partial charge in [0.1, 0.15) is 11.9 Å². The molecule has 0 bridgehead atoms. The Morgan fingerprint density at radius 1 is 1.11 bits per heavy atom. The number of halogens is 6. The Morgan fingerprint density at radius 2 is 1.81 bits per heavy atom. The lowest BCUT2D eigenvalue weighted by Crippen LogP contribution is -2.47. The SMILES string of the molecule is CCc1nc(Cc2ccc(Cl)cc2Cl)sc1C1CCN(CC2CC(N(C)[C@@H](C(=O)O)C(C)C)CC2c2cccc(F)c2)CC1.Cl.Cl.Cl. The van der Waals surface area contributed by atoms with Crippen molar-refractivity contribution in [2.24, 2.45) is 11.8 Å². The van der Waals surface area contributed by atoms with Crippen molar-refractivity contribution in [2.45, 2.75) is 83.2 Å². The Hall–Kier alpha value is -1.16. The Balaban J connectivity index is 0.00000256. The Bertz CT molecular complexity index is 1450. The van der Waals surface area contributed by atoms with Crippen LogP contribution in [0, 0.1) is 17.7 Å². The molecule has 1 aliphatic heterocycles. The van der Waals surface area contributed by atoms with Gasteiger partial charge in [-0.3, -0.25) is 9.69 Å². The molecule has 5 rings (SSSR count). The van der Waals surface area contributed by atoms with E-state index in [2.05, 4.69) is 16.7 Å². The zero-order chi connectivity index (χ0) is 31.5. The van der Waals surface area contributed by atoms with Gasteiger partial charge in [0, 0.05) is 33.9 Å². The third kappa shape index (κ3) is 10.2. The summed E-state index contributed by atoms with van der Waals surface area (Å²) in [6.45, 7) is 9.10. The molecular formula is C35H47Cl5FN3O2S. The number of aliphatic carboxylic acids is 1. The Labute approximate surface area is 311 Å². The largest absolute Gasteiger partial charge is 0.480 e. The molecule has 1 aliphatic carbocycles. The van der Waals surface area contributed by atoms with Crippen LogP contribution in [0.3, 0.4) is 0 Å². The van der Waals surface area contributed by atoms with Crippen LogP contribution < -0.4 is 0 Å². The number of likely N-dealkylation sites (tertiary alicyclic amines) is 1. The quantitative estimate of drug-likeness (QED) is 0.211. The van der Waals surface area contributed by atoms with Crippen molar-refractivity contribution >= 4 is 77.7 Å². The Kier molecular flexibility index (Phi) is 16.7. The minimum atomic E-state index is -0.774. The van der Waals surface area contributed by atoms with Gasteiger partial charge in [-0.1, -0.05) is 62.2 Å². The zero-order valence-electron chi connectivity index (χ0n) is 27.3. The molecular weight excluding hydrogens is 723 g/mol. The average Bonchev–Trinajstić information content (AvgIpc) is 3.59.